The molecule has 0 aromatic heterocycles. The summed E-state index contributed by atoms with van der Waals surface area (Å²) in [6.45, 7) is 0. The number of benzene rings is 9. The van der Waals surface area contributed by atoms with Crippen molar-refractivity contribution in [2.24, 2.45) is 0 Å². The Labute approximate surface area is 287 Å². The Morgan fingerprint density at radius 2 is 0.755 bits per heavy atom. The molecule has 0 N–H and O–H groups in total. The molecule has 0 aliphatic rings. The van der Waals surface area contributed by atoms with Gasteiger partial charge in [0.25, 0.3) is 0 Å². The largest absolute Gasteiger partial charge is 0.309 e. The SMILES string of the molecule is c1ccc(-c2ccc(N(c3cc(-c4cccc5ccccc45)ccc3-c3cccc4ccccc34)c3cccc4ccccc34)cc2)cc1. The van der Waals surface area contributed by atoms with Crippen molar-refractivity contribution >= 4 is 49.4 Å². The van der Waals surface area contributed by atoms with Gasteiger partial charge in [-0.15, -0.1) is 0 Å². The highest BCUT2D eigenvalue weighted by molar-refractivity contribution is 6.06. The molecule has 9 rings (SSSR count). The maximum Gasteiger partial charge on any atom is 0.0546 e. The van der Waals surface area contributed by atoms with Gasteiger partial charge in [0.2, 0.25) is 0 Å². The fourth-order valence-electron chi connectivity index (χ4n) is 7.29. The monoisotopic (exact) mass is 623 g/mol. The molecule has 0 spiro atoms. The molecular formula is C48H33N. The van der Waals surface area contributed by atoms with E-state index in [1.54, 1.807) is 0 Å². The summed E-state index contributed by atoms with van der Waals surface area (Å²) < 4.78 is 0. The predicted octanol–water partition coefficient (Wildman–Crippen LogP) is 13.6. The van der Waals surface area contributed by atoms with E-state index in [9.17, 15) is 0 Å². The van der Waals surface area contributed by atoms with Gasteiger partial charge in [-0.3, -0.25) is 0 Å². The molecule has 9 aromatic carbocycles. The van der Waals surface area contributed by atoms with Crippen LogP contribution < -0.4 is 4.90 Å². The lowest BCUT2D eigenvalue weighted by molar-refractivity contribution is 1.30. The van der Waals surface area contributed by atoms with Crippen LogP contribution >= 0.6 is 0 Å². The second-order valence-electron chi connectivity index (χ2n) is 12.5. The van der Waals surface area contributed by atoms with Gasteiger partial charge in [-0.05, 0) is 79.0 Å². The molecule has 1 heteroatoms. The van der Waals surface area contributed by atoms with Crippen molar-refractivity contribution in [3.63, 3.8) is 0 Å². The molecule has 230 valence electrons. The average molecular weight is 624 g/mol. The third kappa shape index (κ3) is 5.23. The Morgan fingerprint density at radius 1 is 0.265 bits per heavy atom. The van der Waals surface area contributed by atoms with Gasteiger partial charge < -0.3 is 4.90 Å². The Bertz CT molecular complexity index is 2580. The molecule has 0 fully saturated rings. The standard InChI is InChI=1S/C48H33N/c1-2-13-34(14-3-1)35-27-30-40(31-28-35)49(47-26-12-20-38-17-6-9-23-44(38)47)48-33-39(43-24-10-18-36-15-4-7-21-41(36)43)29-32-46(48)45-25-11-19-37-16-5-8-22-42(37)45/h1-33H. The molecular weight excluding hydrogens is 591 g/mol. The molecule has 0 atom stereocenters. The van der Waals surface area contributed by atoms with Gasteiger partial charge in [0, 0.05) is 16.6 Å². The van der Waals surface area contributed by atoms with Gasteiger partial charge in [-0.2, -0.15) is 0 Å². The topological polar surface area (TPSA) is 3.24 Å². The number of rotatable bonds is 6. The highest BCUT2D eigenvalue weighted by Crippen LogP contribution is 2.47. The summed E-state index contributed by atoms with van der Waals surface area (Å²) in [6.07, 6.45) is 0. The van der Waals surface area contributed by atoms with Crippen molar-refractivity contribution in [1.29, 1.82) is 0 Å². The number of anilines is 3. The van der Waals surface area contributed by atoms with E-state index in [0.29, 0.717) is 0 Å². The van der Waals surface area contributed by atoms with Crippen LogP contribution in [0.3, 0.4) is 0 Å². The van der Waals surface area contributed by atoms with Crippen LogP contribution in [0, 0.1) is 0 Å². The third-order valence-electron chi connectivity index (χ3n) is 9.66. The van der Waals surface area contributed by atoms with Crippen LogP contribution in [0.1, 0.15) is 0 Å². The molecule has 0 amide bonds. The van der Waals surface area contributed by atoms with Gasteiger partial charge in [-0.1, -0.05) is 176 Å². The summed E-state index contributed by atoms with van der Waals surface area (Å²) in [6, 6.07) is 72.6. The van der Waals surface area contributed by atoms with Gasteiger partial charge in [0.15, 0.2) is 0 Å². The van der Waals surface area contributed by atoms with E-state index in [0.717, 1.165) is 17.1 Å². The van der Waals surface area contributed by atoms with Crippen molar-refractivity contribution in [3.05, 3.63) is 200 Å². The Balaban J connectivity index is 1.35. The smallest absolute Gasteiger partial charge is 0.0546 e. The van der Waals surface area contributed by atoms with Crippen molar-refractivity contribution in [2.45, 2.75) is 0 Å². The number of hydrogen-bond donors (Lipinski definition) is 0. The molecule has 0 saturated heterocycles. The summed E-state index contributed by atoms with van der Waals surface area (Å²) in [5.41, 5.74) is 10.6. The maximum absolute atomic E-state index is 2.46. The van der Waals surface area contributed by atoms with Gasteiger partial charge in [0.05, 0.1) is 11.4 Å². The van der Waals surface area contributed by atoms with Gasteiger partial charge in [0.1, 0.15) is 0 Å². The lowest BCUT2D eigenvalue weighted by Crippen LogP contribution is -2.12. The normalized spacial score (nSPS) is 11.3. The molecule has 0 aliphatic heterocycles. The van der Waals surface area contributed by atoms with E-state index < -0.39 is 0 Å². The van der Waals surface area contributed by atoms with Crippen LogP contribution in [0.4, 0.5) is 17.1 Å². The van der Waals surface area contributed by atoms with Crippen LogP contribution in [-0.4, -0.2) is 0 Å². The molecule has 49 heavy (non-hydrogen) atoms. The zero-order chi connectivity index (χ0) is 32.6. The second kappa shape index (κ2) is 12.3. The summed E-state index contributed by atoms with van der Waals surface area (Å²) in [4.78, 5) is 2.46. The van der Waals surface area contributed by atoms with Crippen LogP contribution in [0.25, 0.3) is 65.7 Å². The van der Waals surface area contributed by atoms with E-state index in [1.807, 2.05) is 0 Å². The lowest BCUT2D eigenvalue weighted by atomic mass is 9.92. The summed E-state index contributed by atoms with van der Waals surface area (Å²) in [5, 5.41) is 7.37. The molecule has 9 aromatic rings. The minimum atomic E-state index is 1.10. The fourth-order valence-corrected chi connectivity index (χ4v) is 7.29. The van der Waals surface area contributed by atoms with Gasteiger partial charge >= 0.3 is 0 Å². The first kappa shape index (κ1) is 28.8. The Hall–Kier alpha value is -6.44. The minimum Gasteiger partial charge on any atom is -0.309 e. The quantitative estimate of drug-likeness (QED) is 0.178. The zero-order valence-electron chi connectivity index (χ0n) is 27.0. The molecule has 0 aliphatic carbocycles. The predicted molar refractivity (Wildman–Crippen MR) is 210 cm³/mol. The summed E-state index contributed by atoms with van der Waals surface area (Å²) in [7, 11) is 0. The number of hydrogen-bond acceptors (Lipinski definition) is 1. The first-order valence-corrected chi connectivity index (χ1v) is 16.9. The fraction of sp³-hybridized carbons (Fsp3) is 0. The minimum absolute atomic E-state index is 1.10. The summed E-state index contributed by atoms with van der Waals surface area (Å²) >= 11 is 0. The van der Waals surface area contributed by atoms with Gasteiger partial charge in [-0.25, -0.2) is 0 Å². The van der Waals surface area contributed by atoms with E-state index in [-0.39, 0.29) is 0 Å². The van der Waals surface area contributed by atoms with Crippen molar-refractivity contribution < 1.29 is 0 Å². The number of nitrogens with zero attached hydrogens (tertiary/aromatic N) is 1. The first-order chi connectivity index (χ1) is 24.3. The zero-order valence-corrected chi connectivity index (χ0v) is 27.0. The van der Waals surface area contributed by atoms with Crippen molar-refractivity contribution in [3.8, 4) is 33.4 Å². The highest BCUT2D eigenvalue weighted by atomic mass is 15.1. The third-order valence-corrected chi connectivity index (χ3v) is 9.66. The molecule has 0 bridgehead atoms. The van der Waals surface area contributed by atoms with Crippen LogP contribution in [-0.2, 0) is 0 Å². The van der Waals surface area contributed by atoms with E-state index in [4.69, 9.17) is 0 Å². The Morgan fingerprint density at radius 3 is 1.45 bits per heavy atom. The second-order valence-corrected chi connectivity index (χ2v) is 12.5. The highest BCUT2D eigenvalue weighted by Gasteiger charge is 2.21. The van der Waals surface area contributed by atoms with Crippen LogP contribution in [0.5, 0.6) is 0 Å². The molecule has 0 unspecified atom stereocenters. The van der Waals surface area contributed by atoms with Crippen molar-refractivity contribution in [2.75, 3.05) is 4.90 Å². The Kier molecular flexibility index (Phi) is 7.22. The first-order valence-electron chi connectivity index (χ1n) is 16.9. The molecule has 0 radical (unpaired) electrons. The molecule has 0 saturated carbocycles. The maximum atomic E-state index is 2.46. The summed E-state index contributed by atoms with van der Waals surface area (Å²) in [5.74, 6) is 0. The van der Waals surface area contributed by atoms with E-state index in [1.165, 1.54) is 65.7 Å². The average Bonchev–Trinajstić information content (AvgIpc) is 3.18. The lowest BCUT2D eigenvalue weighted by Gasteiger charge is -2.30. The van der Waals surface area contributed by atoms with Crippen LogP contribution in [0.15, 0.2) is 200 Å². The van der Waals surface area contributed by atoms with Crippen LogP contribution in [0.2, 0.25) is 0 Å². The number of fused-ring (bicyclic) bond motifs is 3. The molecule has 1 nitrogen and oxygen atoms in total. The van der Waals surface area contributed by atoms with E-state index >= 15 is 0 Å². The molecule has 0 heterocycles. The van der Waals surface area contributed by atoms with E-state index in [2.05, 4.69) is 205 Å². The van der Waals surface area contributed by atoms with Crippen molar-refractivity contribution in [1.82, 2.24) is 0 Å².